The molecule has 0 bridgehead atoms. The van der Waals surface area contributed by atoms with E-state index < -0.39 is 0 Å². The Kier molecular flexibility index (Phi) is 4.85. The number of hydrogen-bond acceptors (Lipinski definition) is 2. The van der Waals surface area contributed by atoms with E-state index in [9.17, 15) is 10.1 Å². The number of aromatic nitrogens is 1. The molecule has 1 aromatic carbocycles. The van der Waals surface area contributed by atoms with E-state index in [4.69, 9.17) is 11.6 Å². The Bertz CT molecular complexity index is 828. The first-order valence-electron chi connectivity index (χ1n) is 6.98. The van der Waals surface area contributed by atoms with Crippen molar-refractivity contribution in [1.82, 2.24) is 4.57 Å². The highest BCUT2D eigenvalue weighted by Gasteiger charge is 2.16. The quantitative estimate of drug-likeness (QED) is 0.807. The van der Waals surface area contributed by atoms with Gasteiger partial charge in [-0.05, 0) is 43.0 Å². The monoisotopic (exact) mass is 312 g/mol. The van der Waals surface area contributed by atoms with Gasteiger partial charge < -0.3 is 4.57 Å². The molecule has 0 amide bonds. The first-order chi connectivity index (χ1) is 10.5. The fourth-order valence-corrected chi connectivity index (χ4v) is 2.79. The van der Waals surface area contributed by atoms with Crippen LogP contribution in [-0.4, -0.2) is 4.57 Å². The number of halogens is 1. The van der Waals surface area contributed by atoms with E-state index in [1.165, 1.54) is 0 Å². The molecule has 0 saturated heterocycles. The first-order valence-corrected chi connectivity index (χ1v) is 7.36. The maximum atomic E-state index is 12.6. The Morgan fingerprint density at radius 3 is 2.64 bits per heavy atom. The van der Waals surface area contributed by atoms with Gasteiger partial charge in [-0.15, -0.1) is 6.58 Å². The van der Waals surface area contributed by atoms with Crippen molar-refractivity contribution in [1.29, 1.82) is 5.26 Å². The zero-order chi connectivity index (χ0) is 16.3. The average Bonchev–Trinajstić information content (AvgIpc) is 2.50. The van der Waals surface area contributed by atoms with Gasteiger partial charge in [0.15, 0.2) is 0 Å². The third-order valence-corrected chi connectivity index (χ3v) is 4.24. The van der Waals surface area contributed by atoms with Crippen LogP contribution in [0.3, 0.4) is 0 Å². The van der Waals surface area contributed by atoms with E-state index in [1.807, 2.05) is 38.1 Å². The predicted octanol–water partition coefficient (Wildman–Crippen LogP) is 3.77. The van der Waals surface area contributed by atoms with E-state index in [0.29, 0.717) is 18.0 Å². The van der Waals surface area contributed by atoms with Gasteiger partial charge in [-0.1, -0.05) is 35.9 Å². The number of nitrogens with zero attached hydrogens (tertiary/aromatic N) is 2. The van der Waals surface area contributed by atoms with E-state index in [1.54, 1.807) is 16.7 Å². The lowest BCUT2D eigenvalue weighted by molar-refractivity contribution is 0.714. The molecular formula is C18H17ClN2O. The van der Waals surface area contributed by atoms with E-state index in [0.717, 1.165) is 22.4 Å². The molecule has 22 heavy (non-hydrogen) atoms. The van der Waals surface area contributed by atoms with Gasteiger partial charge in [-0.25, -0.2) is 0 Å². The van der Waals surface area contributed by atoms with Gasteiger partial charge in [0.05, 0.1) is 6.54 Å². The minimum absolute atomic E-state index is 0.189. The fourth-order valence-electron chi connectivity index (χ4n) is 2.60. The normalized spacial score (nSPS) is 10.3. The van der Waals surface area contributed by atoms with Crippen LogP contribution < -0.4 is 5.56 Å². The zero-order valence-corrected chi connectivity index (χ0v) is 13.4. The maximum Gasteiger partial charge on any atom is 0.269 e. The number of rotatable bonds is 4. The lowest BCUT2D eigenvalue weighted by atomic mass is 9.99. The molecule has 0 saturated carbocycles. The molecule has 0 N–H and O–H groups in total. The minimum Gasteiger partial charge on any atom is -0.307 e. The number of nitriles is 1. The standard InChI is InChI=1S/C18H17ClN2O/c1-4-7-15-12(2)16(10-20)18(22)21(13(15)3)11-14-8-5-6-9-17(14)19/h4-6,8-9H,1,7,11H2,2-3H3. The Hall–Kier alpha value is -2.31. The molecule has 0 unspecified atom stereocenters. The van der Waals surface area contributed by atoms with Crippen molar-refractivity contribution in [3.8, 4) is 6.07 Å². The second kappa shape index (κ2) is 6.64. The molecule has 0 fully saturated rings. The molecule has 3 nitrogen and oxygen atoms in total. The summed E-state index contributed by atoms with van der Waals surface area (Å²) in [5.74, 6) is 0. The Balaban J connectivity index is 2.68. The largest absolute Gasteiger partial charge is 0.307 e. The molecule has 0 atom stereocenters. The van der Waals surface area contributed by atoms with Crippen LogP contribution in [0.15, 0.2) is 41.7 Å². The summed E-state index contributed by atoms with van der Waals surface area (Å²) in [6, 6.07) is 9.43. The van der Waals surface area contributed by atoms with Crippen LogP contribution in [0.2, 0.25) is 5.02 Å². The van der Waals surface area contributed by atoms with Crippen molar-refractivity contribution in [3.63, 3.8) is 0 Å². The molecule has 0 aliphatic carbocycles. The van der Waals surface area contributed by atoms with Crippen molar-refractivity contribution < 1.29 is 0 Å². The average molecular weight is 313 g/mol. The topological polar surface area (TPSA) is 45.8 Å². The van der Waals surface area contributed by atoms with Gasteiger partial charge in [0.2, 0.25) is 0 Å². The molecule has 4 heteroatoms. The highest BCUT2D eigenvalue weighted by molar-refractivity contribution is 6.31. The van der Waals surface area contributed by atoms with E-state index in [2.05, 4.69) is 6.58 Å². The smallest absolute Gasteiger partial charge is 0.269 e. The highest BCUT2D eigenvalue weighted by atomic mass is 35.5. The number of benzene rings is 1. The van der Waals surface area contributed by atoms with Crippen LogP contribution in [0.5, 0.6) is 0 Å². The second-order valence-corrected chi connectivity index (χ2v) is 5.56. The van der Waals surface area contributed by atoms with Crippen molar-refractivity contribution in [2.45, 2.75) is 26.8 Å². The van der Waals surface area contributed by atoms with Crippen LogP contribution >= 0.6 is 11.6 Å². The van der Waals surface area contributed by atoms with Gasteiger partial charge in [-0.3, -0.25) is 4.79 Å². The third-order valence-electron chi connectivity index (χ3n) is 3.87. The summed E-state index contributed by atoms with van der Waals surface area (Å²) in [5, 5.41) is 9.92. The van der Waals surface area contributed by atoms with E-state index >= 15 is 0 Å². The lowest BCUT2D eigenvalue weighted by Crippen LogP contribution is -2.28. The Morgan fingerprint density at radius 2 is 2.05 bits per heavy atom. The third kappa shape index (κ3) is 2.84. The molecule has 1 heterocycles. The van der Waals surface area contributed by atoms with Crippen LogP contribution in [-0.2, 0) is 13.0 Å². The maximum absolute atomic E-state index is 12.6. The number of pyridine rings is 1. The highest BCUT2D eigenvalue weighted by Crippen LogP contribution is 2.20. The van der Waals surface area contributed by atoms with Crippen molar-refractivity contribution in [2.24, 2.45) is 0 Å². The Labute approximate surface area is 135 Å². The van der Waals surface area contributed by atoms with Gasteiger partial charge in [-0.2, -0.15) is 5.26 Å². The molecule has 0 radical (unpaired) electrons. The summed E-state index contributed by atoms with van der Waals surface area (Å²) in [6.07, 6.45) is 2.40. The second-order valence-electron chi connectivity index (χ2n) is 5.15. The molecule has 2 rings (SSSR count). The Morgan fingerprint density at radius 1 is 1.36 bits per heavy atom. The molecule has 0 aliphatic rings. The zero-order valence-electron chi connectivity index (χ0n) is 12.7. The molecule has 1 aromatic heterocycles. The molecule has 0 spiro atoms. The van der Waals surface area contributed by atoms with E-state index in [-0.39, 0.29) is 11.1 Å². The van der Waals surface area contributed by atoms with Crippen LogP contribution in [0.4, 0.5) is 0 Å². The number of hydrogen-bond donors (Lipinski definition) is 0. The predicted molar refractivity (Wildman–Crippen MR) is 89.3 cm³/mol. The summed E-state index contributed by atoms with van der Waals surface area (Å²) in [4.78, 5) is 12.6. The summed E-state index contributed by atoms with van der Waals surface area (Å²) in [6.45, 7) is 7.81. The van der Waals surface area contributed by atoms with Gasteiger partial charge in [0, 0.05) is 10.7 Å². The van der Waals surface area contributed by atoms with Gasteiger partial charge >= 0.3 is 0 Å². The summed E-state index contributed by atoms with van der Waals surface area (Å²) in [7, 11) is 0. The van der Waals surface area contributed by atoms with Crippen LogP contribution in [0.1, 0.15) is 27.9 Å². The van der Waals surface area contributed by atoms with Crippen LogP contribution in [0.25, 0.3) is 0 Å². The van der Waals surface area contributed by atoms with Crippen molar-refractivity contribution in [2.75, 3.05) is 0 Å². The minimum atomic E-state index is -0.273. The van der Waals surface area contributed by atoms with Crippen molar-refractivity contribution >= 4 is 11.6 Å². The summed E-state index contributed by atoms with van der Waals surface area (Å²) in [5.41, 5.74) is 3.33. The van der Waals surface area contributed by atoms with Gasteiger partial charge in [0.1, 0.15) is 11.6 Å². The first kappa shape index (κ1) is 16.1. The molecular weight excluding hydrogens is 296 g/mol. The van der Waals surface area contributed by atoms with Gasteiger partial charge in [0.25, 0.3) is 5.56 Å². The fraction of sp³-hybridized carbons (Fsp3) is 0.222. The molecule has 0 aliphatic heterocycles. The summed E-state index contributed by atoms with van der Waals surface area (Å²) >= 11 is 6.19. The molecule has 2 aromatic rings. The van der Waals surface area contributed by atoms with Crippen molar-refractivity contribution in [3.05, 3.63) is 80.2 Å². The molecule has 112 valence electrons. The number of allylic oxidation sites excluding steroid dienone is 1. The van der Waals surface area contributed by atoms with Crippen LogP contribution in [0, 0.1) is 25.2 Å². The SMILES string of the molecule is C=CCc1c(C)c(C#N)c(=O)n(Cc2ccccc2Cl)c1C. The summed E-state index contributed by atoms with van der Waals surface area (Å²) < 4.78 is 1.62. The lowest BCUT2D eigenvalue weighted by Gasteiger charge is -2.17.